The van der Waals surface area contributed by atoms with Gasteiger partial charge in [-0.2, -0.15) is 0 Å². The molecule has 118 valence electrons. The van der Waals surface area contributed by atoms with Crippen molar-refractivity contribution in [1.29, 1.82) is 0 Å². The molecule has 1 saturated heterocycles. The summed E-state index contributed by atoms with van der Waals surface area (Å²) in [6.07, 6.45) is 4.70. The first-order chi connectivity index (χ1) is 10.7. The van der Waals surface area contributed by atoms with Gasteiger partial charge in [0.05, 0.1) is 10.1 Å². The van der Waals surface area contributed by atoms with E-state index in [1.807, 2.05) is 29.3 Å². The third-order valence-electron chi connectivity index (χ3n) is 3.77. The van der Waals surface area contributed by atoms with Gasteiger partial charge in [-0.25, -0.2) is 4.98 Å². The molecule has 0 aliphatic carbocycles. The van der Waals surface area contributed by atoms with E-state index < -0.39 is 0 Å². The number of nitrogens with zero attached hydrogens (tertiary/aromatic N) is 3. The van der Waals surface area contributed by atoms with Crippen molar-refractivity contribution in [3.8, 4) is 10.7 Å². The SMILES string of the molecule is C[C@@H](Sc1n[nH]c(-c2cccs2)n1)C(=O)N1CCCCCC1. The van der Waals surface area contributed by atoms with Gasteiger partial charge in [0.25, 0.3) is 0 Å². The summed E-state index contributed by atoms with van der Waals surface area (Å²) in [5.74, 6) is 0.973. The van der Waals surface area contributed by atoms with Crippen LogP contribution in [0.4, 0.5) is 0 Å². The van der Waals surface area contributed by atoms with Crippen LogP contribution in [-0.2, 0) is 4.79 Å². The lowest BCUT2D eigenvalue weighted by Crippen LogP contribution is -2.37. The average Bonchev–Trinajstić information content (AvgIpc) is 3.13. The topological polar surface area (TPSA) is 61.9 Å². The number of aromatic amines is 1. The molecule has 0 bridgehead atoms. The van der Waals surface area contributed by atoms with E-state index in [0.29, 0.717) is 5.16 Å². The molecule has 0 saturated carbocycles. The number of likely N-dealkylation sites (tertiary alicyclic amines) is 1. The summed E-state index contributed by atoms with van der Waals surface area (Å²) < 4.78 is 0. The van der Waals surface area contributed by atoms with E-state index in [4.69, 9.17) is 0 Å². The Morgan fingerprint density at radius 3 is 2.82 bits per heavy atom. The fourth-order valence-corrected chi connectivity index (χ4v) is 4.05. The fraction of sp³-hybridized carbons (Fsp3) is 0.533. The summed E-state index contributed by atoms with van der Waals surface area (Å²) in [5, 5.41) is 9.67. The first kappa shape index (κ1) is 15.6. The molecule has 0 aromatic carbocycles. The number of carbonyl (C=O) groups excluding carboxylic acids is 1. The maximum atomic E-state index is 12.5. The molecule has 1 fully saturated rings. The zero-order valence-corrected chi connectivity index (χ0v) is 14.3. The molecule has 3 heterocycles. The van der Waals surface area contributed by atoms with Gasteiger partial charge < -0.3 is 4.90 Å². The van der Waals surface area contributed by atoms with Crippen LogP contribution in [0.25, 0.3) is 10.7 Å². The van der Waals surface area contributed by atoms with Gasteiger partial charge in [-0.15, -0.1) is 16.4 Å². The Hall–Kier alpha value is -1.34. The highest BCUT2D eigenvalue weighted by Crippen LogP contribution is 2.26. The van der Waals surface area contributed by atoms with Crippen LogP contribution in [-0.4, -0.2) is 44.3 Å². The lowest BCUT2D eigenvalue weighted by Gasteiger charge is -2.23. The van der Waals surface area contributed by atoms with E-state index in [-0.39, 0.29) is 11.2 Å². The molecule has 0 unspecified atom stereocenters. The van der Waals surface area contributed by atoms with Crippen LogP contribution in [0.2, 0.25) is 0 Å². The second-order valence-electron chi connectivity index (χ2n) is 5.44. The number of amides is 1. The van der Waals surface area contributed by atoms with Crippen LogP contribution in [0.1, 0.15) is 32.6 Å². The standard InChI is InChI=1S/C15H20N4OS2/c1-11(14(20)19-8-4-2-3-5-9-19)22-15-16-13(17-18-15)12-7-6-10-21-12/h6-7,10-11H,2-5,8-9H2,1H3,(H,16,17,18)/t11-/m1/s1. The lowest BCUT2D eigenvalue weighted by atomic mass is 10.2. The Kier molecular flexibility index (Phi) is 5.15. The minimum absolute atomic E-state index is 0.148. The molecule has 22 heavy (non-hydrogen) atoms. The summed E-state index contributed by atoms with van der Waals surface area (Å²) >= 11 is 3.05. The summed E-state index contributed by atoms with van der Waals surface area (Å²) in [4.78, 5) is 20.1. The quantitative estimate of drug-likeness (QED) is 0.869. The second-order valence-corrected chi connectivity index (χ2v) is 7.70. The van der Waals surface area contributed by atoms with E-state index in [9.17, 15) is 4.79 Å². The number of carbonyl (C=O) groups is 1. The van der Waals surface area contributed by atoms with E-state index in [0.717, 1.165) is 36.6 Å². The maximum absolute atomic E-state index is 12.5. The van der Waals surface area contributed by atoms with Crippen molar-refractivity contribution in [2.45, 2.75) is 43.0 Å². The van der Waals surface area contributed by atoms with E-state index >= 15 is 0 Å². The largest absolute Gasteiger partial charge is 0.342 e. The van der Waals surface area contributed by atoms with Gasteiger partial charge in [0.1, 0.15) is 0 Å². The van der Waals surface area contributed by atoms with E-state index in [1.54, 1.807) is 11.3 Å². The molecule has 7 heteroatoms. The monoisotopic (exact) mass is 336 g/mol. The van der Waals surface area contributed by atoms with Crippen molar-refractivity contribution in [3.05, 3.63) is 17.5 Å². The number of thiophene rings is 1. The molecule has 0 radical (unpaired) electrons. The molecule has 1 N–H and O–H groups in total. The Bertz CT molecular complexity index is 603. The molecule has 2 aromatic heterocycles. The Balaban J connectivity index is 1.61. The van der Waals surface area contributed by atoms with Gasteiger partial charge in [-0.3, -0.25) is 9.89 Å². The van der Waals surface area contributed by atoms with Gasteiger partial charge >= 0.3 is 0 Å². The minimum atomic E-state index is -0.148. The molecule has 1 aliphatic rings. The van der Waals surface area contributed by atoms with Crippen LogP contribution in [0.3, 0.4) is 0 Å². The molecule has 5 nitrogen and oxygen atoms in total. The van der Waals surface area contributed by atoms with Gasteiger partial charge in [0.15, 0.2) is 5.82 Å². The van der Waals surface area contributed by atoms with Gasteiger partial charge in [0.2, 0.25) is 11.1 Å². The highest BCUT2D eigenvalue weighted by Gasteiger charge is 2.23. The number of thioether (sulfide) groups is 1. The van der Waals surface area contributed by atoms with Crippen molar-refractivity contribution in [3.63, 3.8) is 0 Å². The molecular weight excluding hydrogens is 316 g/mol. The molecule has 1 aliphatic heterocycles. The molecular formula is C15H20N4OS2. The number of hydrogen-bond donors (Lipinski definition) is 1. The number of aromatic nitrogens is 3. The van der Waals surface area contributed by atoms with Crippen molar-refractivity contribution in [1.82, 2.24) is 20.1 Å². The molecule has 0 spiro atoms. The van der Waals surface area contributed by atoms with E-state index in [2.05, 4.69) is 15.2 Å². The second kappa shape index (κ2) is 7.28. The highest BCUT2D eigenvalue weighted by molar-refractivity contribution is 8.00. The zero-order chi connectivity index (χ0) is 15.4. The van der Waals surface area contributed by atoms with Gasteiger partial charge in [-0.05, 0) is 31.2 Å². The third-order valence-corrected chi connectivity index (χ3v) is 5.59. The number of H-pyrrole nitrogens is 1. The van der Waals surface area contributed by atoms with Crippen LogP contribution >= 0.6 is 23.1 Å². The number of rotatable bonds is 4. The third kappa shape index (κ3) is 3.70. The molecule has 3 rings (SSSR count). The number of nitrogens with one attached hydrogen (secondary N) is 1. The predicted molar refractivity (Wildman–Crippen MR) is 90.1 cm³/mol. The average molecular weight is 336 g/mol. The Morgan fingerprint density at radius 2 is 2.14 bits per heavy atom. The van der Waals surface area contributed by atoms with Crippen molar-refractivity contribution in [2.75, 3.05) is 13.1 Å². The summed E-state index contributed by atoms with van der Waals surface area (Å²) in [6, 6.07) is 3.99. The Morgan fingerprint density at radius 1 is 1.36 bits per heavy atom. The minimum Gasteiger partial charge on any atom is -0.342 e. The lowest BCUT2D eigenvalue weighted by molar-refractivity contribution is -0.130. The first-order valence-electron chi connectivity index (χ1n) is 7.66. The summed E-state index contributed by atoms with van der Waals surface area (Å²) in [7, 11) is 0. The predicted octanol–water partition coefficient (Wildman–Crippen LogP) is 3.42. The maximum Gasteiger partial charge on any atom is 0.235 e. The number of hydrogen-bond acceptors (Lipinski definition) is 5. The normalized spacial score (nSPS) is 17.2. The van der Waals surface area contributed by atoms with Gasteiger partial charge in [0, 0.05) is 13.1 Å². The zero-order valence-electron chi connectivity index (χ0n) is 12.6. The van der Waals surface area contributed by atoms with E-state index in [1.165, 1.54) is 24.6 Å². The first-order valence-corrected chi connectivity index (χ1v) is 9.41. The fourth-order valence-electron chi connectivity index (χ4n) is 2.58. The van der Waals surface area contributed by atoms with Crippen LogP contribution < -0.4 is 0 Å². The van der Waals surface area contributed by atoms with Gasteiger partial charge in [-0.1, -0.05) is 30.7 Å². The van der Waals surface area contributed by atoms with Crippen LogP contribution in [0.5, 0.6) is 0 Å². The van der Waals surface area contributed by atoms with Crippen molar-refractivity contribution >= 4 is 29.0 Å². The van der Waals surface area contributed by atoms with Crippen LogP contribution in [0, 0.1) is 0 Å². The summed E-state index contributed by atoms with van der Waals surface area (Å²) in [5.41, 5.74) is 0. The Labute approximate surface area is 138 Å². The van der Waals surface area contributed by atoms with Crippen molar-refractivity contribution in [2.24, 2.45) is 0 Å². The highest BCUT2D eigenvalue weighted by atomic mass is 32.2. The van der Waals surface area contributed by atoms with Crippen LogP contribution in [0.15, 0.2) is 22.7 Å². The van der Waals surface area contributed by atoms with Crippen molar-refractivity contribution < 1.29 is 4.79 Å². The molecule has 1 atom stereocenters. The molecule has 2 aromatic rings. The summed E-state index contributed by atoms with van der Waals surface area (Å²) in [6.45, 7) is 3.72. The molecule has 1 amide bonds. The smallest absolute Gasteiger partial charge is 0.235 e.